The summed E-state index contributed by atoms with van der Waals surface area (Å²) in [6.07, 6.45) is 0. The lowest BCUT2D eigenvalue weighted by atomic mass is 10.2. The number of urea groups is 1. The van der Waals surface area contributed by atoms with E-state index in [-0.39, 0.29) is 5.69 Å². The molecule has 0 aromatic heterocycles. The maximum Gasteiger partial charge on any atom is 0.319 e. The Kier molecular flexibility index (Phi) is 4.36. The number of hydrogen-bond acceptors (Lipinski definition) is 1. The van der Waals surface area contributed by atoms with Crippen molar-refractivity contribution in [3.8, 4) is 0 Å². The summed E-state index contributed by atoms with van der Waals surface area (Å²) in [6, 6.07) is 12.6. The van der Waals surface area contributed by atoms with E-state index in [2.05, 4.69) is 10.6 Å². The van der Waals surface area contributed by atoms with Crippen molar-refractivity contribution >= 4 is 23.3 Å². The van der Waals surface area contributed by atoms with E-state index >= 15 is 0 Å². The molecule has 0 fully saturated rings. The highest BCUT2D eigenvalue weighted by Gasteiger charge is 2.05. The average molecular weight is 279 g/mol. The lowest BCUT2D eigenvalue weighted by molar-refractivity contribution is 0.251. The number of nitrogens with one attached hydrogen (secondary N) is 2. The molecule has 0 spiro atoms. The highest BCUT2D eigenvalue weighted by molar-refractivity contribution is 6.30. The van der Waals surface area contributed by atoms with E-state index in [0.29, 0.717) is 11.6 Å². The number of amides is 2. The first-order valence-corrected chi connectivity index (χ1v) is 6.07. The Morgan fingerprint density at radius 3 is 2.47 bits per heavy atom. The highest BCUT2D eigenvalue weighted by Crippen LogP contribution is 2.12. The summed E-state index contributed by atoms with van der Waals surface area (Å²) in [7, 11) is 0. The van der Waals surface area contributed by atoms with Crippen LogP contribution in [0.3, 0.4) is 0 Å². The van der Waals surface area contributed by atoms with Crippen molar-refractivity contribution in [2.45, 2.75) is 6.54 Å². The lowest BCUT2D eigenvalue weighted by Crippen LogP contribution is -2.28. The summed E-state index contributed by atoms with van der Waals surface area (Å²) in [5.74, 6) is -0.468. The van der Waals surface area contributed by atoms with Crippen molar-refractivity contribution in [3.05, 3.63) is 64.9 Å². The third-order valence-corrected chi connectivity index (χ3v) is 2.74. The molecular formula is C14H12ClFN2O. The predicted octanol–water partition coefficient (Wildman–Crippen LogP) is 3.80. The minimum atomic E-state index is -0.468. The highest BCUT2D eigenvalue weighted by atomic mass is 35.5. The molecule has 2 aromatic carbocycles. The van der Waals surface area contributed by atoms with Gasteiger partial charge in [0.25, 0.3) is 0 Å². The minimum Gasteiger partial charge on any atom is -0.334 e. The van der Waals surface area contributed by atoms with Crippen LogP contribution in [0.5, 0.6) is 0 Å². The number of anilines is 1. The van der Waals surface area contributed by atoms with Gasteiger partial charge in [0.1, 0.15) is 5.82 Å². The molecule has 0 bridgehead atoms. The normalized spacial score (nSPS) is 10.0. The maximum absolute atomic E-state index is 13.3. The van der Waals surface area contributed by atoms with E-state index in [1.54, 1.807) is 24.3 Å². The van der Waals surface area contributed by atoms with Crippen LogP contribution < -0.4 is 10.6 Å². The molecule has 0 aliphatic rings. The Morgan fingerprint density at radius 2 is 1.79 bits per heavy atom. The average Bonchev–Trinajstić information content (AvgIpc) is 2.41. The zero-order valence-corrected chi connectivity index (χ0v) is 10.7. The van der Waals surface area contributed by atoms with Gasteiger partial charge >= 0.3 is 6.03 Å². The molecule has 2 N–H and O–H groups in total. The minimum absolute atomic E-state index is 0.149. The summed E-state index contributed by atoms with van der Waals surface area (Å²) in [6.45, 7) is 0.345. The van der Waals surface area contributed by atoms with Crippen LogP contribution in [0.4, 0.5) is 14.9 Å². The van der Waals surface area contributed by atoms with Crippen molar-refractivity contribution in [3.63, 3.8) is 0 Å². The molecule has 2 amide bonds. The summed E-state index contributed by atoms with van der Waals surface area (Å²) in [4.78, 5) is 11.6. The summed E-state index contributed by atoms with van der Waals surface area (Å²) in [5.41, 5.74) is 1.06. The Balaban J connectivity index is 1.88. The lowest BCUT2D eigenvalue weighted by Gasteiger charge is -2.08. The SMILES string of the molecule is O=C(NCc1ccc(Cl)cc1)Nc1ccccc1F. The standard InChI is InChI=1S/C14H12ClFN2O/c15-11-7-5-10(6-8-11)9-17-14(19)18-13-4-2-1-3-12(13)16/h1-8H,9H2,(H2,17,18,19). The number of hydrogen-bond donors (Lipinski definition) is 2. The van der Waals surface area contributed by atoms with E-state index in [1.807, 2.05) is 12.1 Å². The third-order valence-electron chi connectivity index (χ3n) is 2.49. The van der Waals surface area contributed by atoms with Crippen LogP contribution in [0, 0.1) is 5.82 Å². The van der Waals surface area contributed by atoms with Gasteiger partial charge in [-0.3, -0.25) is 0 Å². The van der Waals surface area contributed by atoms with E-state index < -0.39 is 11.8 Å². The summed E-state index contributed by atoms with van der Waals surface area (Å²) >= 11 is 5.76. The van der Waals surface area contributed by atoms with Crippen molar-refractivity contribution in [1.82, 2.24) is 5.32 Å². The van der Waals surface area contributed by atoms with Gasteiger partial charge in [-0.2, -0.15) is 0 Å². The molecule has 2 rings (SSSR count). The molecule has 0 atom stereocenters. The van der Waals surface area contributed by atoms with Gasteiger partial charge in [0.2, 0.25) is 0 Å². The molecule has 0 saturated carbocycles. The Labute approximate surface area is 115 Å². The molecule has 0 aliphatic carbocycles. The number of benzene rings is 2. The molecule has 0 aliphatic heterocycles. The Bertz CT molecular complexity index is 572. The fourth-order valence-electron chi connectivity index (χ4n) is 1.51. The smallest absolute Gasteiger partial charge is 0.319 e. The quantitative estimate of drug-likeness (QED) is 0.881. The van der Waals surface area contributed by atoms with Crippen molar-refractivity contribution in [2.75, 3.05) is 5.32 Å². The fourth-order valence-corrected chi connectivity index (χ4v) is 1.64. The first kappa shape index (κ1) is 13.4. The molecule has 0 saturated heterocycles. The Hall–Kier alpha value is -2.07. The van der Waals surface area contributed by atoms with Crippen LogP contribution in [-0.2, 0) is 6.54 Å². The summed E-state index contributed by atoms with van der Waals surface area (Å²) in [5, 5.41) is 5.71. The molecule has 0 radical (unpaired) electrons. The number of rotatable bonds is 3. The van der Waals surface area contributed by atoms with Crippen molar-refractivity contribution < 1.29 is 9.18 Å². The van der Waals surface area contributed by atoms with Gasteiger partial charge in [0.05, 0.1) is 5.69 Å². The molecule has 0 heterocycles. The second kappa shape index (κ2) is 6.20. The van der Waals surface area contributed by atoms with E-state index in [1.165, 1.54) is 12.1 Å². The van der Waals surface area contributed by atoms with Crippen LogP contribution in [0.2, 0.25) is 5.02 Å². The Morgan fingerprint density at radius 1 is 1.11 bits per heavy atom. The van der Waals surface area contributed by atoms with Gasteiger partial charge in [0, 0.05) is 11.6 Å². The van der Waals surface area contributed by atoms with Crippen molar-refractivity contribution in [1.29, 1.82) is 0 Å². The van der Waals surface area contributed by atoms with Gasteiger partial charge in [-0.25, -0.2) is 9.18 Å². The van der Waals surface area contributed by atoms with E-state index in [9.17, 15) is 9.18 Å². The maximum atomic E-state index is 13.3. The molecule has 5 heteroatoms. The van der Waals surface area contributed by atoms with Crippen LogP contribution in [0.1, 0.15) is 5.56 Å². The molecule has 19 heavy (non-hydrogen) atoms. The largest absolute Gasteiger partial charge is 0.334 e. The molecule has 2 aromatic rings. The fraction of sp³-hybridized carbons (Fsp3) is 0.0714. The second-order valence-electron chi connectivity index (χ2n) is 3.91. The van der Waals surface area contributed by atoms with Crippen LogP contribution in [0.15, 0.2) is 48.5 Å². The van der Waals surface area contributed by atoms with Crippen LogP contribution in [-0.4, -0.2) is 6.03 Å². The van der Waals surface area contributed by atoms with Gasteiger partial charge < -0.3 is 10.6 Å². The van der Waals surface area contributed by atoms with Gasteiger partial charge in [-0.1, -0.05) is 35.9 Å². The topological polar surface area (TPSA) is 41.1 Å². The molecule has 3 nitrogen and oxygen atoms in total. The predicted molar refractivity (Wildman–Crippen MR) is 73.7 cm³/mol. The summed E-state index contributed by atoms with van der Waals surface area (Å²) < 4.78 is 13.3. The molecule has 0 unspecified atom stereocenters. The molecule has 98 valence electrons. The first-order chi connectivity index (χ1) is 9.15. The number of carbonyl (C=O) groups excluding carboxylic acids is 1. The van der Waals surface area contributed by atoms with Gasteiger partial charge in [-0.15, -0.1) is 0 Å². The second-order valence-corrected chi connectivity index (χ2v) is 4.35. The zero-order chi connectivity index (χ0) is 13.7. The monoisotopic (exact) mass is 278 g/mol. The first-order valence-electron chi connectivity index (χ1n) is 5.69. The van der Waals surface area contributed by atoms with E-state index in [4.69, 9.17) is 11.6 Å². The van der Waals surface area contributed by atoms with Crippen molar-refractivity contribution in [2.24, 2.45) is 0 Å². The third kappa shape index (κ3) is 3.96. The number of carbonyl (C=O) groups is 1. The van der Waals surface area contributed by atoms with Gasteiger partial charge in [-0.05, 0) is 29.8 Å². The van der Waals surface area contributed by atoms with Crippen LogP contribution >= 0.6 is 11.6 Å². The number of halogens is 2. The van der Waals surface area contributed by atoms with Gasteiger partial charge in [0.15, 0.2) is 0 Å². The number of para-hydroxylation sites is 1. The molecular weight excluding hydrogens is 267 g/mol. The van der Waals surface area contributed by atoms with E-state index in [0.717, 1.165) is 5.56 Å². The van der Waals surface area contributed by atoms with Crippen LogP contribution in [0.25, 0.3) is 0 Å². The zero-order valence-electron chi connectivity index (χ0n) is 9.99.